The normalized spacial score (nSPS) is 16.2. The molecule has 2 atom stereocenters. The number of carbonyl (C=O) groups is 1. The number of alkyl halides is 2. The van der Waals surface area contributed by atoms with Gasteiger partial charge in [0, 0.05) is 30.0 Å². The van der Waals surface area contributed by atoms with Crippen molar-refractivity contribution in [1.82, 2.24) is 0 Å². The number of ether oxygens (including phenoxy) is 2. The zero-order chi connectivity index (χ0) is 21.5. The molecule has 0 aromatic heterocycles. The fourth-order valence-corrected chi connectivity index (χ4v) is 3.32. The Labute approximate surface area is 175 Å². The van der Waals surface area contributed by atoms with Gasteiger partial charge in [0.25, 0.3) is 5.91 Å². The van der Waals surface area contributed by atoms with E-state index >= 15 is 0 Å². The molecule has 1 saturated heterocycles. The van der Waals surface area contributed by atoms with Gasteiger partial charge in [0.2, 0.25) is 0 Å². The van der Waals surface area contributed by atoms with E-state index in [9.17, 15) is 13.6 Å². The zero-order valence-electron chi connectivity index (χ0n) is 17.2. The van der Waals surface area contributed by atoms with Gasteiger partial charge in [-0.15, -0.1) is 0 Å². The Hall–Kier alpha value is -2.71. The molecule has 1 unspecified atom stereocenters. The fourth-order valence-electron chi connectivity index (χ4n) is 3.32. The Morgan fingerprint density at radius 1 is 1.13 bits per heavy atom. The maximum Gasteiger partial charge on any atom is 0.387 e. The summed E-state index contributed by atoms with van der Waals surface area (Å²) in [6.07, 6.45) is 0. The molecule has 1 fully saturated rings. The minimum Gasteiger partial charge on any atom is -0.435 e. The highest BCUT2D eigenvalue weighted by Gasteiger charge is 2.22. The average molecular weight is 420 g/mol. The first-order valence-electron chi connectivity index (χ1n) is 10.0. The molecule has 0 aliphatic carbocycles. The number of likely N-dealkylation sites (N-methyl/N-ethyl adjacent to an activating group) is 1. The highest BCUT2D eigenvalue weighted by atomic mass is 19.3. The molecule has 1 heterocycles. The third kappa shape index (κ3) is 6.14. The zero-order valence-corrected chi connectivity index (χ0v) is 17.2. The summed E-state index contributed by atoms with van der Waals surface area (Å²) in [6.45, 7) is 2.80. The van der Waals surface area contributed by atoms with Crippen LogP contribution in [0.4, 0.5) is 20.2 Å². The van der Waals surface area contributed by atoms with E-state index in [0.29, 0.717) is 6.54 Å². The first-order valence-corrected chi connectivity index (χ1v) is 10.0. The molecule has 1 aliphatic rings. The fraction of sp³-hybridized carbons (Fsp3) is 0.409. The Bertz CT molecular complexity index is 809. The third-order valence-corrected chi connectivity index (χ3v) is 5.28. The number of amides is 1. The van der Waals surface area contributed by atoms with Crippen molar-refractivity contribution in [3.05, 3.63) is 54.1 Å². The lowest BCUT2D eigenvalue weighted by Gasteiger charge is -2.29. The molecule has 1 aliphatic heterocycles. The van der Waals surface area contributed by atoms with Gasteiger partial charge in [-0.05, 0) is 55.5 Å². The van der Waals surface area contributed by atoms with Crippen LogP contribution >= 0.6 is 0 Å². The van der Waals surface area contributed by atoms with Crippen molar-refractivity contribution < 1.29 is 27.9 Å². The number of benzene rings is 2. The third-order valence-electron chi connectivity index (χ3n) is 5.28. The number of hydrogen-bond acceptors (Lipinski definition) is 4. The van der Waals surface area contributed by atoms with E-state index in [-0.39, 0.29) is 17.7 Å². The molecule has 8 heteroatoms. The standard InChI is InChI=1S/C22H27F2N3O3/c1-16(26(2)15-17-3-9-20(10-4-17)30-22(23)24)21(28)25-18-5-7-19(8-6-18)27-11-13-29-14-12-27/h3-10,16,22H,11-15H2,1-2H3,(H,25,28)/p+1/t16-/m0/s1. The van der Waals surface area contributed by atoms with E-state index in [1.54, 1.807) is 12.1 Å². The van der Waals surface area contributed by atoms with Crippen molar-refractivity contribution >= 4 is 17.3 Å². The van der Waals surface area contributed by atoms with Gasteiger partial charge < -0.3 is 24.6 Å². The monoisotopic (exact) mass is 420 g/mol. The molecular weight excluding hydrogens is 392 g/mol. The van der Waals surface area contributed by atoms with E-state index < -0.39 is 6.61 Å². The summed E-state index contributed by atoms with van der Waals surface area (Å²) in [4.78, 5) is 15.9. The molecule has 2 aromatic rings. The van der Waals surface area contributed by atoms with Crippen molar-refractivity contribution in [2.24, 2.45) is 0 Å². The van der Waals surface area contributed by atoms with Crippen molar-refractivity contribution in [2.45, 2.75) is 26.1 Å². The maximum atomic E-state index is 12.6. The highest BCUT2D eigenvalue weighted by molar-refractivity contribution is 5.93. The van der Waals surface area contributed by atoms with Gasteiger partial charge in [-0.2, -0.15) is 8.78 Å². The first-order chi connectivity index (χ1) is 14.4. The lowest BCUT2D eigenvalue weighted by atomic mass is 10.1. The second-order valence-electron chi connectivity index (χ2n) is 7.40. The molecule has 1 amide bonds. The van der Waals surface area contributed by atoms with Crippen LogP contribution in [0.5, 0.6) is 5.75 Å². The van der Waals surface area contributed by atoms with Crippen LogP contribution in [0, 0.1) is 0 Å². The van der Waals surface area contributed by atoms with Crippen LogP contribution in [0.2, 0.25) is 0 Å². The summed E-state index contributed by atoms with van der Waals surface area (Å²) in [5.41, 5.74) is 2.81. The average Bonchev–Trinajstić information content (AvgIpc) is 2.75. The maximum absolute atomic E-state index is 12.6. The summed E-state index contributed by atoms with van der Waals surface area (Å²) in [6, 6.07) is 14.0. The lowest BCUT2D eigenvalue weighted by Crippen LogP contribution is -3.12. The van der Waals surface area contributed by atoms with Crippen LogP contribution in [-0.2, 0) is 16.1 Å². The molecule has 3 rings (SSSR count). The van der Waals surface area contributed by atoms with Crippen LogP contribution in [0.25, 0.3) is 0 Å². The molecule has 0 spiro atoms. The van der Waals surface area contributed by atoms with Crippen LogP contribution in [0.1, 0.15) is 12.5 Å². The molecule has 162 valence electrons. The molecule has 2 aromatic carbocycles. The van der Waals surface area contributed by atoms with Crippen LogP contribution in [0.15, 0.2) is 48.5 Å². The molecular formula is C22H28F2N3O3+. The summed E-state index contributed by atoms with van der Waals surface area (Å²) in [7, 11) is 1.93. The number of nitrogens with one attached hydrogen (secondary N) is 2. The van der Waals surface area contributed by atoms with Gasteiger partial charge in [0.1, 0.15) is 12.3 Å². The van der Waals surface area contributed by atoms with Gasteiger partial charge in [0.05, 0.1) is 20.3 Å². The Morgan fingerprint density at radius 3 is 2.37 bits per heavy atom. The molecule has 0 radical (unpaired) electrons. The lowest BCUT2D eigenvalue weighted by molar-refractivity contribution is -0.907. The second kappa shape index (κ2) is 10.4. The number of quaternary nitrogens is 1. The first kappa shape index (κ1) is 22.0. The van der Waals surface area contributed by atoms with Crippen LogP contribution < -0.4 is 19.9 Å². The highest BCUT2D eigenvalue weighted by Crippen LogP contribution is 2.19. The van der Waals surface area contributed by atoms with Gasteiger partial charge in [-0.3, -0.25) is 4.79 Å². The van der Waals surface area contributed by atoms with Gasteiger partial charge in [-0.25, -0.2) is 0 Å². The van der Waals surface area contributed by atoms with Crippen molar-refractivity contribution in [3.63, 3.8) is 0 Å². The van der Waals surface area contributed by atoms with E-state index in [2.05, 4.69) is 15.0 Å². The number of anilines is 2. The van der Waals surface area contributed by atoms with Crippen LogP contribution in [0.3, 0.4) is 0 Å². The second-order valence-corrected chi connectivity index (χ2v) is 7.40. The number of nitrogens with zero attached hydrogens (tertiary/aromatic N) is 1. The van der Waals surface area contributed by atoms with Crippen LogP contribution in [-0.4, -0.2) is 51.9 Å². The number of rotatable bonds is 8. The van der Waals surface area contributed by atoms with Crippen molar-refractivity contribution in [1.29, 1.82) is 0 Å². The van der Waals surface area contributed by atoms with E-state index in [0.717, 1.165) is 48.1 Å². The Balaban J connectivity index is 1.51. The smallest absolute Gasteiger partial charge is 0.387 e. The number of halogens is 2. The molecule has 6 nitrogen and oxygen atoms in total. The topological polar surface area (TPSA) is 55.2 Å². The van der Waals surface area contributed by atoms with E-state index in [1.165, 1.54) is 12.1 Å². The summed E-state index contributed by atoms with van der Waals surface area (Å²) >= 11 is 0. The number of morpholine rings is 1. The predicted octanol–water partition coefficient (Wildman–Crippen LogP) is 2.17. The molecule has 30 heavy (non-hydrogen) atoms. The predicted molar refractivity (Wildman–Crippen MR) is 111 cm³/mol. The Morgan fingerprint density at radius 2 is 1.77 bits per heavy atom. The minimum absolute atomic E-state index is 0.0794. The van der Waals surface area contributed by atoms with Crippen molar-refractivity contribution in [3.8, 4) is 5.75 Å². The number of hydrogen-bond donors (Lipinski definition) is 2. The van der Waals surface area contributed by atoms with E-state index in [4.69, 9.17) is 4.74 Å². The number of carbonyl (C=O) groups excluding carboxylic acids is 1. The summed E-state index contributed by atoms with van der Waals surface area (Å²) in [5, 5.41) is 2.96. The largest absolute Gasteiger partial charge is 0.435 e. The van der Waals surface area contributed by atoms with Crippen molar-refractivity contribution in [2.75, 3.05) is 43.6 Å². The van der Waals surface area contributed by atoms with Gasteiger partial charge >= 0.3 is 6.61 Å². The Kier molecular flexibility index (Phi) is 7.59. The molecule has 0 saturated carbocycles. The molecule has 2 N–H and O–H groups in total. The molecule has 0 bridgehead atoms. The SMILES string of the molecule is C[C@@H](C(=O)Nc1ccc(N2CCOCC2)cc1)[NH+](C)Cc1ccc(OC(F)F)cc1. The summed E-state index contributed by atoms with van der Waals surface area (Å²) < 4.78 is 34.2. The van der Waals surface area contributed by atoms with Gasteiger partial charge in [0.15, 0.2) is 6.04 Å². The van der Waals surface area contributed by atoms with Gasteiger partial charge in [-0.1, -0.05) is 0 Å². The summed E-state index contributed by atoms with van der Waals surface area (Å²) in [5.74, 6) is 0.0435. The van der Waals surface area contributed by atoms with E-state index in [1.807, 2.05) is 38.2 Å². The quantitative estimate of drug-likeness (QED) is 0.687. The minimum atomic E-state index is -2.84.